The molecule has 1 aromatic rings. The second-order valence-electron chi connectivity index (χ2n) is 4.77. The quantitative estimate of drug-likeness (QED) is 0.758. The highest BCUT2D eigenvalue weighted by molar-refractivity contribution is 5.38. The predicted octanol–water partition coefficient (Wildman–Crippen LogP) is 2.97. The zero-order valence-electron chi connectivity index (χ0n) is 11.8. The van der Waals surface area contributed by atoms with Crippen molar-refractivity contribution in [2.24, 2.45) is 5.92 Å². The van der Waals surface area contributed by atoms with Crippen molar-refractivity contribution in [2.45, 2.75) is 32.8 Å². The van der Waals surface area contributed by atoms with Gasteiger partial charge in [0.05, 0.1) is 12.2 Å². The molecule has 0 saturated carbocycles. The molecule has 0 spiro atoms. The summed E-state index contributed by atoms with van der Waals surface area (Å²) in [5.41, 5.74) is 0.0162. The number of methoxy groups -OCH3 is 1. The Morgan fingerprint density at radius 2 is 1.89 bits per heavy atom. The van der Waals surface area contributed by atoms with E-state index in [0.29, 0.717) is 19.6 Å². The van der Waals surface area contributed by atoms with E-state index in [1.807, 2.05) is 45.0 Å². The first kappa shape index (κ1) is 15.0. The van der Waals surface area contributed by atoms with E-state index in [1.165, 1.54) is 0 Å². The Labute approximate surface area is 110 Å². The van der Waals surface area contributed by atoms with Crippen LogP contribution in [0.4, 0.5) is 0 Å². The van der Waals surface area contributed by atoms with Crippen LogP contribution in [0.25, 0.3) is 0 Å². The Morgan fingerprint density at radius 1 is 1.22 bits per heavy atom. The molecule has 0 aliphatic rings. The summed E-state index contributed by atoms with van der Waals surface area (Å²) in [5, 5.41) is 10.8. The molecule has 0 radical (unpaired) electrons. The van der Waals surface area contributed by atoms with E-state index in [1.54, 1.807) is 7.11 Å². The largest absolute Gasteiger partial charge is 0.491 e. The zero-order valence-corrected chi connectivity index (χ0v) is 11.8. The van der Waals surface area contributed by atoms with E-state index in [9.17, 15) is 5.11 Å². The maximum absolute atomic E-state index is 10.8. The summed E-state index contributed by atoms with van der Waals surface area (Å²) in [4.78, 5) is 0. The lowest BCUT2D eigenvalue weighted by molar-refractivity contribution is -0.0167. The van der Waals surface area contributed by atoms with Gasteiger partial charge in [-0.05, 0) is 18.4 Å². The first-order chi connectivity index (χ1) is 8.56. The fourth-order valence-corrected chi connectivity index (χ4v) is 2.09. The van der Waals surface area contributed by atoms with Crippen molar-refractivity contribution < 1.29 is 14.6 Å². The summed E-state index contributed by atoms with van der Waals surface area (Å²) >= 11 is 0. The third-order valence-corrected chi connectivity index (χ3v) is 3.39. The molecule has 0 fully saturated rings. The Morgan fingerprint density at radius 3 is 2.44 bits per heavy atom. The number of benzene rings is 1. The highest BCUT2D eigenvalue weighted by Crippen LogP contribution is 2.38. The summed E-state index contributed by atoms with van der Waals surface area (Å²) in [6.07, 6.45) is 0.662. The second kappa shape index (κ2) is 6.76. The lowest BCUT2D eigenvalue weighted by Crippen LogP contribution is -2.31. The summed E-state index contributed by atoms with van der Waals surface area (Å²) in [5.74, 6) is 0.877. The molecule has 0 aromatic heterocycles. The molecule has 1 rings (SSSR count). The van der Waals surface area contributed by atoms with Crippen LogP contribution in [-0.4, -0.2) is 25.4 Å². The minimum absolute atomic E-state index is 0.134. The molecule has 0 saturated heterocycles. The van der Waals surface area contributed by atoms with Gasteiger partial charge in [0.2, 0.25) is 0 Å². The Bertz CT molecular complexity index is 363. The number of ether oxygens (including phenoxy) is 2. The monoisotopic (exact) mass is 252 g/mol. The SMILES string of the molecule is CCC(O)(c1ccccc1OCCOC)C(C)C. The van der Waals surface area contributed by atoms with Gasteiger partial charge in [-0.15, -0.1) is 0 Å². The molecule has 3 heteroatoms. The molecule has 1 unspecified atom stereocenters. The van der Waals surface area contributed by atoms with Gasteiger partial charge in [-0.25, -0.2) is 0 Å². The Hall–Kier alpha value is -1.06. The van der Waals surface area contributed by atoms with Crippen molar-refractivity contribution >= 4 is 0 Å². The van der Waals surface area contributed by atoms with E-state index >= 15 is 0 Å². The molecule has 0 aliphatic carbocycles. The van der Waals surface area contributed by atoms with Crippen molar-refractivity contribution in [3.63, 3.8) is 0 Å². The van der Waals surface area contributed by atoms with Crippen LogP contribution in [-0.2, 0) is 10.3 Å². The first-order valence-corrected chi connectivity index (χ1v) is 6.49. The molecule has 18 heavy (non-hydrogen) atoms. The molecule has 0 aliphatic heterocycles. The minimum atomic E-state index is -0.844. The van der Waals surface area contributed by atoms with Gasteiger partial charge >= 0.3 is 0 Å². The summed E-state index contributed by atoms with van der Waals surface area (Å²) in [6.45, 7) is 7.07. The standard InChI is InChI=1S/C15H24O3/c1-5-15(16,12(2)3)13-8-6-7-9-14(13)18-11-10-17-4/h6-9,12,16H,5,10-11H2,1-4H3. The van der Waals surface area contributed by atoms with E-state index in [2.05, 4.69) is 0 Å². The molecule has 3 nitrogen and oxygen atoms in total. The average molecular weight is 252 g/mol. The maximum Gasteiger partial charge on any atom is 0.125 e. The fourth-order valence-electron chi connectivity index (χ4n) is 2.09. The number of aliphatic hydroxyl groups is 1. The Balaban J connectivity index is 2.99. The number of rotatable bonds is 7. The highest BCUT2D eigenvalue weighted by atomic mass is 16.5. The molecule has 0 heterocycles. The van der Waals surface area contributed by atoms with Gasteiger partial charge in [0.15, 0.2) is 0 Å². The number of hydrogen-bond acceptors (Lipinski definition) is 3. The van der Waals surface area contributed by atoms with Crippen LogP contribution in [0.1, 0.15) is 32.8 Å². The van der Waals surface area contributed by atoms with Crippen LogP contribution in [0, 0.1) is 5.92 Å². The van der Waals surface area contributed by atoms with Gasteiger partial charge in [0.1, 0.15) is 12.4 Å². The average Bonchev–Trinajstić information content (AvgIpc) is 2.38. The molecule has 1 N–H and O–H groups in total. The first-order valence-electron chi connectivity index (χ1n) is 6.49. The molecule has 1 aromatic carbocycles. The van der Waals surface area contributed by atoms with Crippen molar-refractivity contribution in [3.8, 4) is 5.75 Å². The zero-order chi connectivity index (χ0) is 13.6. The van der Waals surface area contributed by atoms with Crippen molar-refractivity contribution in [1.82, 2.24) is 0 Å². The van der Waals surface area contributed by atoms with Crippen LogP contribution >= 0.6 is 0 Å². The van der Waals surface area contributed by atoms with Crippen molar-refractivity contribution in [1.29, 1.82) is 0 Å². The number of para-hydroxylation sites is 1. The molecular weight excluding hydrogens is 228 g/mol. The summed E-state index contributed by atoms with van der Waals surface area (Å²) in [6, 6.07) is 7.68. The smallest absolute Gasteiger partial charge is 0.125 e. The third-order valence-electron chi connectivity index (χ3n) is 3.39. The van der Waals surface area contributed by atoms with Crippen LogP contribution in [0.3, 0.4) is 0 Å². The van der Waals surface area contributed by atoms with E-state index in [4.69, 9.17) is 9.47 Å². The lowest BCUT2D eigenvalue weighted by atomic mass is 9.81. The van der Waals surface area contributed by atoms with Gasteiger partial charge in [0.25, 0.3) is 0 Å². The Kier molecular flexibility index (Phi) is 5.63. The van der Waals surface area contributed by atoms with Gasteiger partial charge in [0, 0.05) is 12.7 Å². The summed E-state index contributed by atoms with van der Waals surface area (Å²) in [7, 11) is 1.64. The predicted molar refractivity (Wildman–Crippen MR) is 72.8 cm³/mol. The second-order valence-corrected chi connectivity index (χ2v) is 4.77. The van der Waals surface area contributed by atoms with Gasteiger partial charge in [-0.3, -0.25) is 0 Å². The molecular formula is C15H24O3. The summed E-state index contributed by atoms with van der Waals surface area (Å²) < 4.78 is 10.7. The fraction of sp³-hybridized carbons (Fsp3) is 0.600. The van der Waals surface area contributed by atoms with Gasteiger partial charge < -0.3 is 14.6 Å². The maximum atomic E-state index is 10.8. The van der Waals surface area contributed by atoms with Gasteiger partial charge in [-0.2, -0.15) is 0 Å². The topological polar surface area (TPSA) is 38.7 Å². The molecule has 0 amide bonds. The van der Waals surface area contributed by atoms with E-state index in [-0.39, 0.29) is 5.92 Å². The van der Waals surface area contributed by atoms with Crippen LogP contribution < -0.4 is 4.74 Å². The van der Waals surface area contributed by atoms with Crippen LogP contribution in [0.5, 0.6) is 5.75 Å². The molecule has 102 valence electrons. The van der Waals surface area contributed by atoms with Gasteiger partial charge in [-0.1, -0.05) is 39.0 Å². The third kappa shape index (κ3) is 3.24. The highest BCUT2D eigenvalue weighted by Gasteiger charge is 2.33. The van der Waals surface area contributed by atoms with Crippen LogP contribution in [0.2, 0.25) is 0 Å². The van der Waals surface area contributed by atoms with Crippen LogP contribution in [0.15, 0.2) is 24.3 Å². The molecule has 1 atom stereocenters. The van der Waals surface area contributed by atoms with E-state index < -0.39 is 5.60 Å². The van der Waals surface area contributed by atoms with Crippen molar-refractivity contribution in [2.75, 3.05) is 20.3 Å². The lowest BCUT2D eigenvalue weighted by Gasteiger charge is -2.33. The minimum Gasteiger partial charge on any atom is -0.491 e. The number of hydrogen-bond donors (Lipinski definition) is 1. The van der Waals surface area contributed by atoms with Crippen molar-refractivity contribution in [3.05, 3.63) is 29.8 Å². The van der Waals surface area contributed by atoms with E-state index in [0.717, 1.165) is 11.3 Å². The molecule has 0 bridgehead atoms. The normalized spacial score (nSPS) is 14.6.